The molecule has 7 heteroatoms. The largest absolute Gasteiger partial charge is 0.465 e. The number of halogens is 1. The second-order valence-electron chi connectivity index (χ2n) is 4.19. The van der Waals surface area contributed by atoms with Gasteiger partial charge in [-0.15, -0.1) is 0 Å². The molecule has 2 rings (SSSR count). The van der Waals surface area contributed by atoms with Crippen LogP contribution < -0.4 is 5.32 Å². The van der Waals surface area contributed by atoms with E-state index in [0.29, 0.717) is 22.0 Å². The quantitative estimate of drug-likeness (QED) is 0.295. The third-order valence-electron chi connectivity index (χ3n) is 2.65. The van der Waals surface area contributed by atoms with Gasteiger partial charge in [-0.25, -0.2) is 9.79 Å². The van der Waals surface area contributed by atoms with Gasteiger partial charge in [0.05, 0.1) is 24.2 Å². The molecule has 0 saturated heterocycles. The summed E-state index contributed by atoms with van der Waals surface area (Å²) < 4.78 is 4.75. The van der Waals surface area contributed by atoms with Crippen LogP contribution in [0.2, 0.25) is 0 Å². The summed E-state index contributed by atoms with van der Waals surface area (Å²) in [4.78, 5) is 20.6. The maximum atomic E-state index is 11.7. The Balaban J connectivity index is 2.04. The first kappa shape index (κ1) is 16.3. The van der Waals surface area contributed by atoms with E-state index in [1.54, 1.807) is 24.4 Å². The molecule has 1 aromatic rings. The third-order valence-corrected chi connectivity index (χ3v) is 3.73. The molecule has 0 unspecified atom stereocenters. The first-order valence-corrected chi connectivity index (χ1v) is 7.54. The third kappa shape index (κ3) is 4.47. The number of ether oxygens (including phenoxy) is 1. The van der Waals surface area contributed by atoms with E-state index in [1.807, 2.05) is 12.1 Å². The molecule has 0 radical (unpaired) electrons. The van der Waals surface area contributed by atoms with Gasteiger partial charge in [0.1, 0.15) is 0 Å². The monoisotopic (exact) mass is 335 g/mol. The number of esters is 1. The van der Waals surface area contributed by atoms with Gasteiger partial charge >= 0.3 is 5.97 Å². The topological polar surface area (TPSA) is 63.0 Å². The van der Waals surface area contributed by atoms with Gasteiger partial charge in [0.25, 0.3) is 0 Å². The van der Waals surface area contributed by atoms with Crippen molar-refractivity contribution >= 4 is 40.8 Å². The number of nitrogens with zero attached hydrogens (tertiary/aromatic N) is 2. The minimum atomic E-state index is -0.405. The van der Waals surface area contributed by atoms with Crippen LogP contribution in [0.25, 0.3) is 0 Å². The van der Waals surface area contributed by atoms with Gasteiger partial charge in [0, 0.05) is 16.8 Å². The van der Waals surface area contributed by atoms with Crippen molar-refractivity contribution < 1.29 is 9.53 Å². The number of nitrogens with one attached hydrogen (secondary N) is 1. The number of hydrogen-bond donors (Lipinski definition) is 1. The fourth-order valence-corrected chi connectivity index (χ4v) is 2.75. The van der Waals surface area contributed by atoms with Gasteiger partial charge in [-0.05, 0) is 29.8 Å². The molecule has 1 heterocycles. The van der Waals surface area contributed by atoms with E-state index in [0.717, 1.165) is 5.70 Å². The number of methoxy groups -OCH3 is 1. The highest BCUT2D eigenvalue weighted by atomic mass is 35.5. The molecule has 5 nitrogen and oxygen atoms in total. The molecular weight excluding hydrogens is 322 g/mol. The van der Waals surface area contributed by atoms with Crippen molar-refractivity contribution in [3.8, 4) is 0 Å². The van der Waals surface area contributed by atoms with Crippen molar-refractivity contribution in [2.24, 2.45) is 9.98 Å². The fourth-order valence-electron chi connectivity index (χ4n) is 1.68. The number of benzene rings is 1. The number of allylic oxidation sites excluding steroid dienone is 1. The molecule has 0 fully saturated rings. The van der Waals surface area contributed by atoms with Crippen LogP contribution in [-0.2, 0) is 4.74 Å². The van der Waals surface area contributed by atoms with E-state index in [4.69, 9.17) is 16.3 Å². The summed E-state index contributed by atoms with van der Waals surface area (Å²) in [6, 6.07) is 7.08. The van der Waals surface area contributed by atoms with Gasteiger partial charge in [-0.1, -0.05) is 30.5 Å². The van der Waals surface area contributed by atoms with Crippen molar-refractivity contribution in [2.75, 3.05) is 13.7 Å². The van der Waals surface area contributed by atoms with Crippen LogP contribution in [0.4, 0.5) is 0 Å². The standard InChI is InChI=1S/C15H14ClN3O2S/c1-10(18-15(16)19-11-7-8-17-9-11)22-13-6-4-3-5-12(13)14(20)21-2/h3-8H,1,9H2,2H3,(H,18,19). The molecular formula is C15H14ClN3O2S. The molecule has 1 aliphatic rings. The van der Waals surface area contributed by atoms with Crippen molar-refractivity contribution in [1.82, 2.24) is 5.32 Å². The van der Waals surface area contributed by atoms with Crippen molar-refractivity contribution in [2.45, 2.75) is 4.90 Å². The molecule has 22 heavy (non-hydrogen) atoms. The Kier molecular flexibility index (Phi) is 5.80. The number of carbonyl (C=O) groups is 1. The summed E-state index contributed by atoms with van der Waals surface area (Å²) in [6.07, 6.45) is 3.52. The summed E-state index contributed by atoms with van der Waals surface area (Å²) in [5, 5.41) is 3.58. The fraction of sp³-hybridized carbons (Fsp3) is 0.133. The van der Waals surface area contributed by atoms with Gasteiger partial charge < -0.3 is 10.1 Å². The summed E-state index contributed by atoms with van der Waals surface area (Å²) in [6.45, 7) is 4.39. The first-order valence-electron chi connectivity index (χ1n) is 6.34. The Labute approximate surface area is 137 Å². The Morgan fingerprint density at radius 3 is 2.95 bits per heavy atom. The number of rotatable bonds is 5. The van der Waals surface area contributed by atoms with Crippen LogP contribution in [-0.4, -0.2) is 31.1 Å². The molecule has 1 N–H and O–H groups in total. The SMILES string of the molecule is C=C(N=C(Cl)NC1=CC=NC1)Sc1ccccc1C(=O)OC. The lowest BCUT2D eigenvalue weighted by molar-refractivity contribution is 0.0597. The van der Waals surface area contributed by atoms with Crippen LogP contribution in [0.5, 0.6) is 0 Å². The van der Waals surface area contributed by atoms with E-state index in [9.17, 15) is 4.79 Å². The Bertz CT molecular complexity index is 683. The van der Waals surface area contributed by atoms with Crippen LogP contribution in [0.15, 0.2) is 62.5 Å². The number of carbonyl (C=O) groups excluding carboxylic acids is 1. The molecule has 0 atom stereocenters. The lowest BCUT2D eigenvalue weighted by Gasteiger charge is -2.08. The maximum Gasteiger partial charge on any atom is 0.339 e. The second kappa shape index (κ2) is 7.82. The molecule has 0 aliphatic carbocycles. The highest BCUT2D eigenvalue weighted by Crippen LogP contribution is 2.29. The molecule has 1 aliphatic heterocycles. The highest BCUT2D eigenvalue weighted by Gasteiger charge is 2.12. The first-order chi connectivity index (χ1) is 10.6. The van der Waals surface area contributed by atoms with Crippen molar-refractivity contribution in [3.63, 3.8) is 0 Å². The zero-order valence-electron chi connectivity index (χ0n) is 11.9. The van der Waals surface area contributed by atoms with Gasteiger partial charge in [0.15, 0.2) is 0 Å². The molecule has 0 amide bonds. The smallest absolute Gasteiger partial charge is 0.339 e. The molecule has 0 aromatic heterocycles. The van der Waals surface area contributed by atoms with E-state index in [2.05, 4.69) is 21.9 Å². The predicted molar refractivity (Wildman–Crippen MR) is 90.6 cm³/mol. The van der Waals surface area contributed by atoms with Gasteiger partial charge in [-0.3, -0.25) is 4.99 Å². The zero-order chi connectivity index (χ0) is 15.9. The minimum Gasteiger partial charge on any atom is -0.465 e. The average Bonchev–Trinajstić information content (AvgIpc) is 2.99. The minimum absolute atomic E-state index is 0.199. The molecule has 0 bridgehead atoms. The highest BCUT2D eigenvalue weighted by molar-refractivity contribution is 8.03. The lowest BCUT2D eigenvalue weighted by Crippen LogP contribution is -2.18. The average molecular weight is 336 g/mol. The van der Waals surface area contributed by atoms with Crippen LogP contribution in [0.1, 0.15) is 10.4 Å². The van der Waals surface area contributed by atoms with E-state index in [1.165, 1.54) is 18.9 Å². The molecule has 114 valence electrons. The molecule has 0 spiro atoms. The number of amidine groups is 1. The summed E-state index contributed by atoms with van der Waals surface area (Å²) in [7, 11) is 1.34. The van der Waals surface area contributed by atoms with Gasteiger partial charge in [-0.2, -0.15) is 0 Å². The summed E-state index contributed by atoms with van der Waals surface area (Å²) >= 11 is 7.27. The summed E-state index contributed by atoms with van der Waals surface area (Å²) in [5.74, 6) is -0.405. The molecule has 0 saturated carbocycles. The zero-order valence-corrected chi connectivity index (χ0v) is 13.4. The number of hydrogen-bond acceptors (Lipinski definition) is 5. The lowest BCUT2D eigenvalue weighted by atomic mass is 10.2. The maximum absolute atomic E-state index is 11.7. The predicted octanol–water partition coefficient (Wildman–Crippen LogP) is 3.19. The normalized spacial score (nSPS) is 13.7. The Morgan fingerprint density at radius 2 is 2.27 bits per heavy atom. The van der Waals surface area contributed by atoms with Crippen LogP contribution in [0.3, 0.4) is 0 Å². The van der Waals surface area contributed by atoms with Crippen LogP contribution in [0, 0.1) is 0 Å². The van der Waals surface area contributed by atoms with Crippen molar-refractivity contribution in [3.05, 3.63) is 53.2 Å². The summed E-state index contributed by atoms with van der Waals surface area (Å²) in [5.41, 5.74) is 1.32. The van der Waals surface area contributed by atoms with E-state index >= 15 is 0 Å². The Morgan fingerprint density at radius 1 is 1.50 bits per heavy atom. The van der Waals surface area contributed by atoms with Crippen LogP contribution >= 0.6 is 23.4 Å². The second-order valence-corrected chi connectivity index (χ2v) is 5.67. The van der Waals surface area contributed by atoms with E-state index < -0.39 is 5.97 Å². The van der Waals surface area contributed by atoms with E-state index in [-0.39, 0.29) is 5.29 Å². The van der Waals surface area contributed by atoms with Gasteiger partial charge in [0.2, 0.25) is 5.29 Å². The van der Waals surface area contributed by atoms with Crippen molar-refractivity contribution in [1.29, 1.82) is 0 Å². The molecule has 1 aromatic carbocycles. The number of thioether (sulfide) groups is 1. The Hall–Kier alpha value is -2.05. The number of aliphatic imine (C=N–C) groups is 2.